The van der Waals surface area contributed by atoms with Crippen LogP contribution in [0.2, 0.25) is 0 Å². The van der Waals surface area contributed by atoms with E-state index in [-0.39, 0.29) is 0 Å². The van der Waals surface area contributed by atoms with E-state index in [1.165, 1.54) is 0 Å². The van der Waals surface area contributed by atoms with Crippen LogP contribution in [-0.2, 0) is 7.05 Å². The van der Waals surface area contributed by atoms with E-state index >= 15 is 0 Å². The minimum Gasteiger partial charge on any atom is -0.373 e. The van der Waals surface area contributed by atoms with Crippen molar-refractivity contribution in [2.75, 3.05) is 12.4 Å². The molecule has 1 aromatic heterocycles. The number of anilines is 1. The second-order valence-corrected chi connectivity index (χ2v) is 2.34. The number of rotatable bonds is 2. The molecule has 1 N–H and O–H groups in total. The van der Waals surface area contributed by atoms with Gasteiger partial charge in [0.15, 0.2) is 0 Å². The maximum Gasteiger partial charge on any atom is 0.132 e. The lowest BCUT2D eigenvalue weighted by atomic mass is 10.4. The summed E-state index contributed by atoms with van der Waals surface area (Å²) in [6.45, 7) is 1.98. The lowest BCUT2D eigenvalue weighted by Gasteiger charge is -2.00. The lowest BCUT2D eigenvalue weighted by molar-refractivity contribution is 0.918. The molecular formula is C8H13N3. The monoisotopic (exact) mass is 151 g/mol. The molecule has 0 saturated heterocycles. The van der Waals surface area contributed by atoms with E-state index in [1.807, 2.05) is 37.7 Å². The van der Waals surface area contributed by atoms with Gasteiger partial charge in [-0.3, -0.25) is 0 Å². The first-order chi connectivity index (χ1) is 5.29. The molecule has 11 heavy (non-hydrogen) atoms. The smallest absolute Gasteiger partial charge is 0.132 e. The normalized spacial score (nSPS) is 10.8. The Kier molecular flexibility index (Phi) is 2.31. The van der Waals surface area contributed by atoms with E-state index in [0.29, 0.717) is 0 Å². The Morgan fingerprint density at radius 2 is 2.36 bits per heavy atom. The molecule has 0 aliphatic rings. The Labute approximate surface area is 66.8 Å². The van der Waals surface area contributed by atoms with Gasteiger partial charge in [-0.05, 0) is 13.0 Å². The van der Waals surface area contributed by atoms with Crippen molar-refractivity contribution < 1.29 is 0 Å². The number of allylic oxidation sites excluding steroid dienone is 1. The Morgan fingerprint density at radius 3 is 2.91 bits per heavy atom. The van der Waals surface area contributed by atoms with E-state index < -0.39 is 0 Å². The highest BCUT2D eigenvalue weighted by molar-refractivity contribution is 5.59. The van der Waals surface area contributed by atoms with Crippen molar-refractivity contribution >= 4 is 11.9 Å². The fourth-order valence-electron chi connectivity index (χ4n) is 1.03. The van der Waals surface area contributed by atoms with Gasteiger partial charge in [0.2, 0.25) is 0 Å². The summed E-state index contributed by atoms with van der Waals surface area (Å²) < 4.78 is 1.95. The van der Waals surface area contributed by atoms with E-state index in [9.17, 15) is 0 Å². The largest absolute Gasteiger partial charge is 0.373 e. The van der Waals surface area contributed by atoms with Crippen LogP contribution in [0.25, 0.3) is 6.08 Å². The van der Waals surface area contributed by atoms with Gasteiger partial charge < -0.3 is 9.88 Å². The molecule has 0 bridgehead atoms. The Hall–Kier alpha value is -1.25. The third-order valence-corrected chi connectivity index (χ3v) is 1.53. The molecule has 1 heterocycles. The summed E-state index contributed by atoms with van der Waals surface area (Å²) in [6.07, 6.45) is 5.75. The molecular weight excluding hydrogens is 138 g/mol. The average molecular weight is 151 g/mol. The highest BCUT2D eigenvalue weighted by Gasteiger charge is 2.01. The fraction of sp³-hybridized carbons (Fsp3) is 0.375. The van der Waals surface area contributed by atoms with E-state index in [4.69, 9.17) is 0 Å². The molecule has 1 aromatic rings. The van der Waals surface area contributed by atoms with Gasteiger partial charge in [-0.2, -0.15) is 0 Å². The highest BCUT2D eigenvalue weighted by Crippen LogP contribution is 2.12. The summed E-state index contributed by atoms with van der Waals surface area (Å²) in [5.74, 6) is 1.04. The molecule has 1 rings (SSSR count). The van der Waals surface area contributed by atoms with Crippen LogP contribution < -0.4 is 5.32 Å². The van der Waals surface area contributed by atoms with Crippen molar-refractivity contribution in [3.63, 3.8) is 0 Å². The Bertz CT molecular complexity index is 260. The van der Waals surface area contributed by atoms with E-state index in [2.05, 4.69) is 10.3 Å². The van der Waals surface area contributed by atoms with Gasteiger partial charge in [0.05, 0.1) is 6.33 Å². The van der Waals surface area contributed by atoms with Crippen molar-refractivity contribution in [1.82, 2.24) is 9.55 Å². The third kappa shape index (κ3) is 1.42. The molecule has 0 aliphatic carbocycles. The topological polar surface area (TPSA) is 29.9 Å². The molecule has 0 saturated carbocycles. The number of aryl methyl sites for hydroxylation is 1. The van der Waals surface area contributed by atoms with Crippen LogP contribution in [0.1, 0.15) is 12.6 Å². The van der Waals surface area contributed by atoms with Crippen LogP contribution in [0.4, 0.5) is 5.82 Å². The molecule has 0 spiro atoms. The van der Waals surface area contributed by atoms with Gasteiger partial charge in [0, 0.05) is 14.1 Å². The molecule has 60 valence electrons. The van der Waals surface area contributed by atoms with Crippen LogP contribution in [0.5, 0.6) is 0 Å². The molecule has 0 fully saturated rings. The Morgan fingerprint density at radius 1 is 1.64 bits per heavy atom. The summed E-state index contributed by atoms with van der Waals surface area (Å²) in [7, 11) is 3.86. The quantitative estimate of drug-likeness (QED) is 0.694. The van der Waals surface area contributed by atoms with Crippen molar-refractivity contribution in [3.8, 4) is 0 Å². The summed E-state index contributed by atoms with van der Waals surface area (Å²) in [5, 5.41) is 3.08. The second-order valence-electron chi connectivity index (χ2n) is 2.34. The van der Waals surface area contributed by atoms with Crippen molar-refractivity contribution in [2.45, 2.75) is 6.92 Å². The molecule has 0 atom stereocenters. The van der Waals surface area contributed by atoms with Crippen LogP contribution >= 0.6 is 0 Å². The number of aromatic nitrogens is 2. The summed E-state index contributed by atoms with van der Waals surface area (Å²) in [5.41, 5.74) is 0.984. The first kappa shape index (κ1) is 7.85. The minimum atomic E-state index is 0.984. The fourth-order valence-corrected chi connectivity index (χ4v) is 1.03. The summed E-state index contributed by atoms with van der Waals surface area (Å²) in [4.78, 5) is 4.19. The third-order valence-electron chi connectivity index (χ3n) is 1.53. The molecule has 0 unspecified atom stereocenters. The molecule has 0 amide bonds. The number of hydrogen-bond donors (Lipinski definition) is 1. The van der Waals surface area contributed by atoms with Gasteiger partial charge in [-0.25, -0.2) is 4.98 Å². The van der Waals surface area contributed by atoms with Gasteiger partial charge in [-0.15, -0.1) is 0 Å². The zero-order chi connectivity index (χ0) is 8.27. The zero-order valence-corrected chi connectivity index (χ0v) is 7.13. The highest BCUT2D eigenvalue weighted by atomic mass is 15.1. The van der Waals surface area contributed by atoms with Gasteiger partial charge >= 0.3 is 0 Å². The van der Waals surface area contributed by atoms with Crippen LogP contribution in [0.15, 0.2) is 12.4 Å². The molecule has 0 aromatic carbocycles. The second kappa shape index (κ2) is 3.23. The standard InChI is InChI=1S/C8H13N3/c1-4-5-7-8(9-2)11(3)6-10-7/h4-6,9H,1-3H3. The predicted octanol–water partition coefficient (Wildman–Crippen LogP) is 1.49. The SMILES string of the molecule is CC=Cc1ncn(C)c1NC. The van der Waals surface area contributed by atoms with Crippen LogP contribution in [-0.4, -0.2) is 16.6 Å². The van der Waals surface area contributed by atoms with Crippen LogP contribution in [0.3, 0.4) is 0 Å². The maximum absolute atomic E-state index is 4.19. The van der Waals surface area contributed by atoms with Gasteiger partial charge in [-0.1, -0.05) is 6.08 Å². The first-order valence-electron chi connectivity index (χ1n) is 3.61. The zero-order valence-electron chi connectivity index (χ0n) is 7.13. The van der Waals surface area contributed by atoms with E-state index in [1.54, 1.807) is 6.33 Å². The van der Waals surface area contributed by atoms with Crippen LogP contribution in [0, 0.1) is 0 Å². The number of hydrogen-bond acceptors (Lipinski definition) is 2. The van der Waals surface area contributed by atoms with Crippen molar-refractivity contribution in [2.24, 2.45) is 7.05 Å². The average Bonchev–Trinajstić information content (AvgIpc) is 2.33. The molecule has 0 aliphatic heterocycles. The summed E-state index contributed by atoms with van der Waals surface area (Å²) >= 11 is 0. The minimum absolute atomic E-state index is 0.984. The van der Waals surface area contributed by atoms with Crippen molar-refractivity contribution in [1.29, 1.82) is 0 Å². The maximum atomic E-state index is 4.19. The van der Waals surface area contributed by atoms with Gasteiger partial charge in [0.25, 0.3) is 0 Å². The van der Waals surface area contributed by atoms with E-state index in [0.717, 1.165) is 11.5 Å². The molecule has 3 heteroatoms. The predicted molar refractivity (Wildman–Crippen MR) is 47.5 cm³/mol. The lowest BCUT2D eigenvalue weighted by Crippen LogP contribution is -1.96. The van der Waals surface area contributed by atoms with Gasteiger partial charge in [0.1, 0.15) is 11.5 Å². The number of nitrogens with zero attached hydrogens (tertiary/aromatic N) is 2. The van der Waals surface area contributed by atoms with Crippen molar-refractivity contribution in [3.05, 3.63) is 18.1 Å². The molecule has 3 nitrogen and oxygen atoms in total. The number of nitrogens with one attached hydrogen (secondary N) is 1. The Balaban J connectivity index is 3.05. The summed E-state index contributed by atoms with van der Waals surface area (Å²) in [6, 6.07) is 0. The number of imidazole rings is 1. The molecule has 0 radical (unpaired) electrons. The first-order valence-corrected chi connectivity index (χ1v) is 3.61.